The second kappa shape index (κ2) is 13.8. The molecule has 10 nitrogen and oxygen atoms in total. The molecule has 1 aromatic carbocycles. The minimum absolute atomic E-state index is 0.0271. The van der Waals surface area contributed by atoms with Crippen molar-refractivity contribution in [2.45, 2.75) is 68.7 Å². The molecule has 4 rings (SSSR count). The Bertz CT molecular complexity index is 1440. The third-order valence-electron chi connectivity index (χ3n) is 8.18. The van der Waals surface area contributed by atoms with E-state index in [0.717, 1.165) is 4.90 Å². The summed E-state index contributed by atoms with van der Waals surface area (Å²) in [4.78, 5) is 44.5. The van der Waals surface area contributed by atoms with E-state index in [9.17, 15) is 41.6 Å². The van der Waals surface area contributed by atoms with E-state index in [-0.39, 0.29) is 25.3 Å². The van der Waals surface area contributed by atoms with Crippen LogP contribution in [0.15, 0.2) is 42.6 Å². The van der Waals surface area contributed by atoms with Gasteiger partial charge in [-0.1, -0.05) is 12.1 Å². The van der Waals surface area contributed by atoms with Crippen LogP contribution in [-0.4, -0.2) is 72.2 Å². The summed E-state index contributed by atoms with van der Waals surface area (Å²) in [6.07, 6.45) is -4.34. The van der Waals surface area contributed by atoms with E-state index in [2.05, 4.69) is 15.6 Å². The van der Waals surface area contributed by atoms with Crippen molar-refractivity contribution < 1.29 is 41.1 Å². The van der Waals surface area contributed by atoms with Gasteiger partial charge in [-0.05, 0) is 61.1 Å². The molecule has 15 heteroatoms. The van der Waals surface area contributed by atoms with Crippen molar-refractivity contribution in [3.05, 3.63) is 59.3 Å². The van der Waals surface area contributed by atoms with Crippen LogP contribution in [0.3, 0.4) is 0 Å². The summed E-state index contributed by atoms with van der Waals surface area (Å²) in [5.41, 5.74) is 1.19. The second-order valence-corrected chi connectivity index (χ2v) is 11.3. The molecule has 242 valence electrons. The summed E-state index contributed by atoms with van der Waals surface area (Å²) in [7, 11) is 1.32. The van der Waals surface area contributed by atoms with E-state index in [1.807, 2.05) is 11.4 Å². The number of hydrogen-bond donors (Lipinski definition) is 3. The topological polar surface area (TPSA) is 136 Å². The van der Waals surface area contributed by atoms with Crippen LogP contribution in [-0.2, 0) is 14.3 Å². The number of nitriles is 1. The summed E-state index contributed by atoms with van der Waals surface area (Å²) in [6.45, 7) is 0.778. The molecule has 1 aromatic heterocycles. The third-order valence-corrected chi connectivity index (χ3v) is 8.18. The molecule has 0 bridgehead atoms. The molecule has 2 aliphatic rings. The van der Waals surface area contributed by atoms with Gasteiger partial charge in [-0.2, -0.15) is 18.4 Å². The van der Waals surface area contributed by atoms with Crippen LogP contribution >= 0.6 is 0 Å². The second-order valence-electron chi connectivity index (χ2n) is 11.3. The van der Waals surface area contributed by atoms with Gasteiger partial charge in [-0.15, -0.1) is 0 Å². The standard InChI is InChI=1S/C30H33F5N6O4/c1-17(20-5-3-4-18(12-20)14-36)26(42)40-25(19-6-9-29(31,32)10-7-19)27(43)39-24-13-21(8-11-37-24)22(16-45-2)41-15-23(30(33,34)35)38-28(41)44/h3-5,8,11-13,17,19,22-23,25H,6-7,9-10,15-16H2,1-2H3,(H,38,44)(H,40,42)(H,37,39,43)/t17?,22-,23+,25+/m1/s1. The zero-order valence-electron chi connectivity index (χ0n) is 24.5. The number of ether oxygens (including phenoxy) is 1. The minimum Gasteiger partial charge on any atom is -0.382 e. The Hall–Kier alpha value is -4.32. The maximum atomic E-state index is 14.0. The highest BCUT2D eigenvalue weighted by atomic mass is 19.4. The van der Waals surface area contributed by atoms with Crippen molar-refractivity contribution in [1.29, 1.82) is 5.26 Å². The molecule has 1 aliphatic carbocycles. The summed E-state index contributed by atoms with van der Waals surface area (Å²) in [5, 5.41) is 16.4. The fraction of sp³-hybridized carbons (Fsp3) is 0.500. The van der Waals surface area contributed by atoms with Gasteiger partial charge in [0.15, 0.2) is 0 Å². The largest absolute Gasteiger partial charge is 0.410 e. The lowest BCUT2D eigenvalue weighted by Gasteiger charge is -2.34. The Morgan fingerprint density at radius 2 is 1.89 bits per heavy atom. The highest BCUT2D eigenvalue weighted by molar-refractivity contribution is 5.97. The van der Waals surface area contributed by atoms with Crippen molar-refractivity contribution >= 4 is 23.7 Å². The number of carbonyl (C=O) groups is 3. The Morgan fingerprint density at radius 3 is 2.51 bits per heavy atom. The number of halogens is 5. The smallest absolute Gasteiger partial charge is 0.382 e. The van der Waals surface area contributed by atoms with Crippen molar-refractivity contribution in [3.63, 3.8) is 0 Å². The molecule has 2 fully saturated rings. The Kier molecular flexibility index (Phi) is 10.3. The third kappa shape index (κ3) is 8.24. The van der Waals surface area contributed by atoms with Gasteiger partial charge in [0, 0.05) is 26.1 Å². The number of nitrogens with one attached hydrogen (secondary N) is 3. The maximum Gasteiger partial charge on any atom is 0.410 e. The molecule has 2 aromatic rings. The first-order chi connectivity index (χ1) is 21.2. The van der Waals surface area contributed by atoms with Gasteiger partial charge in [0.2, 0.25) is 17.7 Å². The average molecular weight is 637 g/mol. The summed E-state index contributed by atoms with van der Waals surface area (Å²) >= 11 is 0. The van der Waals surface area contributed by atoms with Crippen LogP contribution < -0.4 is 16.0 Å². The number of alkyl halides is 5. The molecule has 0 radical (unpaired) electrons. The maximum absolute atomic E-state index is 14.0. The predicted octanol–water partition coefficient (Wildman–Crippen LogP) is 4.65. The number of carbonyl (C=O) groups excluding carboxylic acids is 3. The highest BCUT2D eigenvalue weighted by Gasteiger charge is 2.48. The highest BCUT2D eigenvalue weighted by Crippen LogP contribution is 2.38. The van der Waals surface area contributed by atoms with Gasteiger partial charge in [0.25, 0.3) is 0 Å². The fourth-order valence-electron chi connectivity index (χ4n) is 5.56. The fourth-order valence-corrected chi connectivity index (χ4v) is 5.56. The number of rotatable bonds is 10. The quantitative estimate of drug-likeness (QED) is 0.325. The monoisotopic (exact) mass is 636 g/mol. The first-order valence-corrected chi connectivity index (χ1v) is 14.3. The van der Waals surface area contributed by atoms with E-state index in [4.69, 9.17) is 4.74 Å². The number of methoxy groups -OCH3 is 1. The number of urea groups is 1. The van der Waals surface area contributed by atoms with E-state index < -0.39 is 79.3 Å². The molecule has 1 saturated carbocycles. The number of nitrogens with zero attached hydrogens (tertiary/aromatic N) is 3. The van der Waals surface area contributed by atoms with E-state index in [0.29, 0.717) is 16.7 Å². The first kappa shape index (κ1) is 33.6. The zero-order valence-corrected chi connectivity index (χ0v) is 24.5. The van der Waals surface area contributed by atoms with Gasteiger partial charge in [0.05, 0.1) is 36.7 Å². The van der Waals surface area contributed by atoms with Gasteiger partial charge in [-0.3, -0.25) is 9.59 Å². The van der Waals surface area contributed by atoms with Gasteiger partial charge in [-0.25, -0.2) is 18.6 Å². The van der Waals surface area contributed by atoms with Crippen LogP contribution in [0.2, 0.25) is 0 Å². The molecule has 2 heterocycles. The average Bonchev–Trinajstić information content (AvgIpc) is 3.40. The normalized spacial score (nSPS) is 20.4. The molecule has 4 amide bonds. The summed E-state index contributed by atoms with van der Waals surface area (Å²) in [5.74, 6) is -5.58. The predicted molar refractivity (Wildman–Crippen MR) is 151 cm³/mol. The number of anilines is 1. The molecule has 4 atom stereocenters. The number of amides is 4. The Morgan fingerprint density at radius 1 is 1.18 bits per heavy atom. The van der Waals surface area contributed by atoms with Crippen LogP contribution in [0.25, 0.3) is 0 Å². The number of hydrogen-bond acceptors (Lipinski definition) is 6. The van der Waals surface area contributed by atoms with Gasteiger partial charge < -0.3 is 25.6 Å². The lowest BCUT2D eigenvalue weighted by atomic mass is 9.81. The number of pyridine rings is 1. The molecule has 1 unspecified atom stereocenters. The molecule has 3 N–H and O–H groups in total. The van der Waals surface area contributed by atoms with Crippen LogP contribution in [0, 0.1) is 17.2 Å². The van der Waals surface area contributed by atoms with E-state index in [1.165, 1.54) is 25.4 Å². The number of benzene rings is 1. The van der Waals surface area contributed by atoms with Gasteiger partial charge in [0.1, 0.15) is 17.9 Å². The zero-order chi connectivity index (χ0) is 32.9. The lowest BCUT2D eigenvalue weighted by molar-refractivity contribution is -0.150. The minimum atomic E-state index is -4.65. The summed E-state index contributed by atoms with van der Waals surface area (Å²) < 4.78 is 73.0. The molecule has 1 aliphatic heterocycles. The number of aromatic nitrogens is 1. The van der Waals surface area contributed by atoms with Crippen molar-refractivity contribution in [1.82, 2.24) is 20.5 Å². The van der Waals surface area contributed by atoms with Crippen molar-refractivity contribution in [3.8, 4) is 6.07 Å². The van der Waals surface area contributed by atoms with Crippen LogP contribution in [0.4, 0.5) is 32.6 Å². The van der Waals surface area contributed by atoms with Crippen LogP contribution in [0.1, 0.15) is 61.3 Å². The molecule has 0 spiro atoms. The van der Waals surface area contributed by atoms with Crippen molar-refractivity contribution in [2.24, 2.45) is 5.92 Å². The molecular formula is C30H33F5N6O4. The lowest BCUT2D eigenvalue weighted by Crippen LogP contribution is -2.51. The van der Waals surface area contributed by atoms with Gasteiger partial charge >= 0.3 is 12.2 Å². The molecule has 45 heavy (non-hydrogen) atoms. The summed E-state index contributed by atoms with van der Waals surface area (Å²) in [6, 6.07) is 6.07. The van der Waals surface area contributed by atoms with E-state index >= 15 is 0 Å². The Balaban J connectivity index is 1.55. The SMILES string of the molecule is COC[C@H](c1ccnc(NC(=O)[C@@H](NC(=O)C(C)c2cccc(C#N)c2)C2CCC(F)(F)CC2)c1)N1C[C@@H](C(F)(F)F)NC1=O. The van der Waals surface area contributed by atoms with Crippen LogP contribution in [0.5, 0.6) is 0 Å². The van der Waals surface area contributed by atoms with Crippen molar-refractivity contribution in [2.75, 3.05) is 25.6 Å². The van der Waals surface area contributed by atoms with E-state index in [1.54, 1.807) is 31.2 Å². The first-order valence-electron chi connectivity index (χ1n) is 14.3. The Labute approximate surface area is 256 Å². The molecular weight excluding hydrogens is 603 g/mol. The molecule has 1 saturated heterocycles.